The van der Waals surface area contributed by atoms with E-state index in [0.29, 0.717) is 16.2 Å². The lowest BCUT2D eigenvalue weighted by Gasteiger charge is -1.90. The van der Waals surface area contributed by atoms with E-state index < -0.39 is 5.91 Å². The van der Waals surface area contributed by atoms with Gasteiger partial charge >= 0.3 is 0 Å². The van der Waals surface area contributed by atoms with E-state index in [0.717, 1.165) is 4.70 Å². The Balaban J connectivity index is 2.75. The topological polar surface area (TPSA) is 82.0 Å². The van der Waals surface area contributed by atoms with E-state index >= 15 is 0 Å². The van der Waals surface area contributed by atoms with Gasteiger partial charge < -0.3 is 11.5 Å². The zero-order chi connectivity index (χ0) is 9.42. The molecule has 5 heteroatoms. The molecule has 0 aliphatic heterocycles. The van der Waals surface area contributed by atoms with Crippen molar-refractivity contribution in [1.29, 1.82) is 0 Å². The summed E-state index contributed by atoms with van der Waals surface area (Å²) in [4.78, 5) is 14.8. The smallest absolute Gasteiger partial charge is 0.277 e. The van der Waals surface area contributed by atoms with Crippen LogP contribution in [0.1, 0.15) is 9.80 Å². The van der Waals surface area contributed by atoms with Crippen molar-refractivity contribution >= 4 is 33.1 Å². The van der Waals surface area contributed by atoms with Crippen molar-refractivity contribution in [2.45, 2.75) is 0 Å². The molecule has 0 spiro atoms. The number of nitrogen functional groups attached to an aromatic ring is 1. The Labute approximate surface area is 78.2 Å². The largest absolute Gasteiger partial charge is 0.397 e. The fourth-order valence-electron chi connectivity index (χ4n) is 1.08. The number of nitrogens with zero attached hydrogens (tertiary/aromatic N) is 1. The number of amides is 1. The summed E-state index contributed by atoms with van der Waals surface area (Å²) in [6.45, 7) is 0. The van der Waals surface area contributed by atoms with Crippen molar-refractivity contribution in [3.8, 4) is 0 Å². The van der Waals surface area contributed by atoms with Gasteiger partial charge in [-0.2, -0.15) is 0 Å². The predicted molar refractivity (Wildman–Crippen MR) is 52.6 cm³/mol. The maximum absolute atomic E-state index is 10.8. The Bertz CT molecular complexity index is 477. The molecule has 2 rings (SSSR count). The minimum absolute atomic E-state index is 0.299. The molecule has 0 aliphatic rings. The van der Waals surface area contributed by atoms with Crippen LogP contribution in [0.25, 0.3) is 10.2 Å². The third-order valence-electron chi connectivity index (χ3n) is 1.66. The number of fused-ring (bicyclic) bond motifs is 1. The van der Waals surface area contributed by atoms with Gasteiger partial charge in [-0.25, -0.2) is 4.98 Å². The number of carbonyl (C=O) groups is 1. The fourth-order valence-corrected chi connectivity index (χ4v) is 1.93. The Morgan fingerprint density at radius 1 is 1.46 bits per heavy atom. The Morgan fingerprint density at radius 3 is 2.85 bits per heavy atom. The molecule has 0 radical (unpaired) electrons. The highest BCUT2D eigenvalue weighted by Gasteiger charge is 2.09. The first-order valence-electron chi connectivity index (χ1n) is 3.63. The Hall–Kier alpha value is -1.62. The van der Waals surface area contributed by atoms with Crippen LogP contribution in [0.3, 0.4) is 0 Å². The maximum Gasteiger partial charge on any atom is 0.277 e. The minimum atomic E-state index is -0.513. The number of thiazole rings is 1. The first-order chi connectivity index (χ1) is 6.18. The van der Waals surface area contributed by atoms with E-state index in [2.05, 4.69) is 4.98 Å². The van der Waals surface area contributed by atoms with Gasteiger partial charge in [-0.15, -0.1) is 11.3 Å². The highest BCUT2D eigenvalue weighted by molar-refractivity contribution is 7.20. The summed E-state index contributed by atoms with van der Waals surface area (Å²) in [5.74, 6) is -0.513. The SMILES string of the molecule is NC(=O)c1nc2c(N)cccc2s1. The highest BCUT2D eigenvalue weighted by atomic mass is 32.1. The molecule has 0 saturated carbocycles. The Morgan fingerprint density at radius 2 is 2.23 bits per heavy atom. The minimum Gasteiger partial charge on any atom is -0.397 e. The number of hydrogen-bond donors (Lipinski definition) is 2. The van der Waals surface area contributed by atoms with E-state index in [4.69, 9.17) is 11.5 Å². The summed E-state index contributed by atoms with van der Waals surface area (Å²) in [5, 5.41) is 0.299. The molecule has 4 N–H and O–H groups in total. The van der Waals surface area contributed by atoms with Gasteiger partial charge in [-0.05, 0) is 12.1 Å². The fraction of sp³-hybridized carbons (Fsp3) is 0. The standard InChI is InChI=1S/C8H7N3OS/c9-4-2-1-3-5-6(4)11-8(13-5)7(10)12/h1-3H,9H2,(H2,10,12). The number of benzene rings is 1. The van der Waals surface area contributed by atoms with Crippen molar-refractivity contribution in [3.63, 3.8) is 0 Å². The lowest BCUT2D eigenvalue weighted by Crippen LogP contribution is -2.09. The van der Waals surface area contributed by atoms with Crippen molar-refractivity contribution in [2.75, 3.05) is 5.73 Å². The van der Waals surface area contributed by atoms with Gasteiger partial charge in [-0.3, -0.25) is 4.79 Å². The zero-order valence-corrected chi connectivity index (χ0v) is 7.47. The number of carbonyl (C=O) groups excluding carboxylic acids is 1. The highest BCUT2D eigenvalue weighted by Crippen LogP contribution is 2.25. The van der Waals surface area contributed by atoms with Crippen LogP contribution in [-0.2, 0) is 0 Å². The normalized spacial score (nSPS) is 10.5. The second-order valence-electron chi connectivity index (χ2n) is 2.58. The molecule has 0 fully saturated rings. The lowest BCUT2D eigenvalue weighted by atomic mass is 10.3. The molecule has 1 amide bonds. The van der Waals surface area contributed by atoms with Crippen molar-refractivity contribution in [3.05, 3.63) is 23.2 Å². The third-order valence-corrected chi connectivity index (χ3v) is 2.70. The van der Waals surface area contributed by atoms with Crippen LogP contribution in [0.2, 0.25) is 0 Å². The molecule has 4 nitrogen and oxygen atoms in total. The number of rotatable bonds is 1. The van der Waals surface area contributed by atoms with Gasteiger partial charge in [0.05, 0.1) is 10.4 Å². The van der Waals surface area contributed by atoms with Crippen LogP contribution >= 0.6 is 11.3 Å². The van der Waals surface area contributed by atoms with Crippen LogP contribution in [0.15, 0.2) is 18.2 Å². The number of aromatic nitrogens is 1. The maximum atomic E-state index is 10.8. The summed E-state index contributed by atoms with van der Waals surface area (Å²) >= 11 is 1.25. The molecule has 0 unspecified atom stereocenters. The van der Waals surface area contributed by atoms with E-state index in [-0.39, 0.29) is 0 Å². The predicted octanol–water partition coefficient (Wildman–Crippen LogP) is 0.977. The lowest BCUT2D eigenvalue weighted by molar-refractivity contribution is 0.1000. The monoisotopic (exact) mass is 193 g/mol. The summed E-state index contributed by atoms with van der Waals surface area (Å²) < 4.78 is 0.883. The molecule has 1 aromatic heterocycles. The van der Waals surface area contributed by atoms with Gasteiger partial charge in [0.15, 0.2) is 5.01 Å². The van der Waals surface area contributed by atoms with Crippen LogP contribution in [-0.4, -0.2) is 10.9 Å². The van der Waals surface area contributed by atoms with E-state index in [1.807, 2.05) is 12.1 Å². The molecular formula is C8H7N3OS. The molecule has 0 saturated heterocycles. The van der Waals surface area contributed by atoms with Crippen LogP contribution in [0.4, 0.5) is 5.69 Å². The number of hydrogen-bond acceptors (Lipinski definition) is 4. The second kappa shape index (κ2) is 2.70. The average molecular weight is 193 g/mol. The average Bonchev–Trinajstić information content (AvgIpc) is 2.49. The molecule has 1 heterocycles. The summed E-state index contributed by atoms with van der Waals surface area (Å²) in [7, 11) is 0. The van der Waals surface area contributed by atoms with Crippen LogP contribution in [0.5, 0.6) is 0 Å². The van der Waals surface area contributed by atoms with E-state index in [1.54, 1.807) is 6.07 Å². The van der Waals surface area contributed by atoms with Crippen molar-refractivity contribution < 1.29 is 4.79 Å². The van der Waals surface area contributed by atoms with Crippen LogP contribution in [0, 0.1) is 0 Å². The summed E-state index contributed by atoms with van der Waals surface area (Å²) in [5.41, 5.74) is 12.0. The Kier molecular flexibility index (Phi) is 1.66. The molecule has 0 atom stereocenters. The molecule has 66 valence electrons. The van der Waals surface area contributed by atoms with Gasteiger partial charge in [0.1, 0.15) is 5.52 Å². The molecular weight excluding hydrogens is 186 g/mol. The van der Waals surface area contributed by atoms with E-state index in [9.17, 15) is 4.79 Å². The summed E-state index contributed by atoms with van der Waals surface area (Å²) in [6.07, 6.45) is 0. The van der Waals surface area contributed by atoms with Crippen LogP contribution < -0.4 is 11.5 Å². The van der Waals surface area contributed by atoms with Crippen molar-refractivity contribution in [1.82, 2.24) is 4.98 Å². The van der Waals surface area contributed by atoms with Gasteiger partial charge in [0.2, 0.25) is 0 Å². The molecule has 2 aromatic rings. The molecule has 0 bridgehead atoms. The summed E-state index contributed by atoms with van der Waals surface area (Å²) in [6, 6.07) is 5.42. The number of anilines is 1. The van der Waals surface area contributed by atoms with E-state index in [1.165, 1.54) is 11.3 Å². The first kappa shape index (κ1) is 8.00. The third kappa shape index (κ3) is 1.23. The second-order valence-corrected chi connectivity index (χ2v) is 3.61. The number of nitrogens with two attached hydrogens (primary N) is 2. The van der Waals surface area contributed by atoms with Crippen molar-refractivity contribution in [2.24, 2.45) is 5.73 Å². The van der Waals surface area contributed by atoms with Gasteiger partial charge in [0, 0.05) is 0 Å². The van der Waals surface area contributed by atoms with Gasteiger partial charge in [0.25, 0.3) is 5.91 Å². The zero-order valence-electron chi connectivity index (χ0n) is 6.65. The molecule has 1 aromatic carbocycles. The first-order valence-corrected chi connectivity index (χ1v) is 4.45. The number of para-hydroxylation sites is 1. The molecule has 0 aliphatic carbocycles. The molecule has 13 heavy (non-hydrogen) atoms. The quantitative estimate of drug-likeness (QED) is 0.662. The van der Waals surface area contributed by atoms with Gasteiger partial charge in [-0.1, -0.05) is 6.07 Å². The number of primary amides is 1.